The normalized spacial score (nSPS) is 29.6. The first-order chi connectivity index (χ1) is 9.72. The monoisotopic (exact) mass is 296 g/mol. The van der Waals surface area contributed by atoms with Crippen LogP contribution in [0.4, 0.5) is 0 Å². The van der Waals surface area contributed by atoms with Crippen LogP contribution in [0.15, 0.2) is 18.2 Å². The molecule has 2 aliphatic heterocycles. The molecule has 0 bridgehead atoms. The fourth-order valence-corrected chi connectivity index (χ4v) is 3.08. The lowest BCUT2D eigenvalue weighted by atomic mass is 9.91. The minimum Gasteiger partial charge on any atom is -0.488 e. The molecule has 0 aliphatic carbocycles. The van der Waals surface area contributed by atoms with Crippen molar-refractivity contribution in [3.63, 3.8) is 0 Å². The maximum absolute atomic E-state index is 11.1. The highest BCUT2D eigenvalue weighted by molar-refractivity contribution is 6.32. The number of benzene rings is 1. The van der Waals surface area contributed by atoms with Gasteiger partial charge in [0.2, 0.25) is 0 Å². The summed E-state index contributed by atoms with van der Waals surface area (Å²) in [4.78, 5) is 11.1. The number of rotatable bonds is 3. The van der Waals surface area contributed by atoms with Crippen LogP contribution in [0, 0.1) is 0 Å². The van der Waals surface area contributed by atoms with Crippen molar-refractivity contribution < 1.29 is 19.0 Å². The molecule has 4 nitrogen and oxygen atoms in total. The van der Waals surface area contributed by atoms with Crippen molar-refractivity contribution >= 4 is 17.9 Å². The van der Waals surface area contributed by atoms with Crippen LogP contribution in [0.3, 0.4) is 0 Å². The van der Waals surface area contributed by atoms with Gasteiger partial charge in [-0.2, -0.15) is 0 Å². The minimum atomic E-state index is -0.217. The van der Waals surface area contributed by atoms with E-state index in [-0.39, 0.29) is 11.7 Å². The number of carbonyl (C=O) groups is 1. The highest BCUT2D eigenvalue weighted by Crippen LogP contribution is 2.36. The van der Waals surface area contributed by atoms with Gasteiger partial charge in [0.15, 0.2) is 6.29 Å². The molecule has 1 spiro atoms. The third-order valence-electron chi connectivity index (χ3n) is 3.92. The van der Waals surface area contributed by atoms with Gasteiger partial charge in [0.25, 0.3) is 0 Å². The predicted octanol–water partition coefficient (Wildman–Crippen LogP) is 2.87. The van der Waals surface area contributed by atoms with Gasteiger partial charge in [-0.25, -0.2) is 0 Å². The van der Waals surface area contributed by atoms with Crippen molar-refractivity contribution in [2.24, 2.45) is 0 Å². The molecule has 1 aromatic rings. The number of para-hydroxylation sites is 1. The van der Waals surface area contributed by atoms with Crippen LogP contribution in [0.1, 0.15) is 29.6 Å². The van der Waals surface area contributed by atoms with Crippen LogP contribution in [-0.2, 0) is 9.47 Å². The predicted molar refractivity (Wildman–Crippen MR) is 74.6 cm³/mol. The molecule has 1 aromatic carbocycles. The van der Waals surface area contributed by atoms with E-state index in [1.807, 2.05) is 0 Å². The summed E-state index contributed by atoms with van der Waals surface area (Å²) in [5.41, 5.74) is 0.270. The number of hydrogen-bond acceptors (Lipinski definition) is 4. The molecule has 2 fully saturated rings. The lowest BCUT2D eigenvalue weighted by Gasteiger charge is -2.37. The van der Waals surface area contributed by atoms with Crippen LogP contribution in [0.25, 0.3) is 0 Å². The van der Waals surface area contributed by atoms with Gasteiger partial charge in [-0.05, 0) is 12.1 Å². The summed E-state index contributed by atoms with van der Waals surface area (Å²) in [6, 6.07) is 5.19. The Morgan fingerprint density at radius 2 is 2.30 bits per heavy atom. The Morgan fingerprint density at radius 1 is 1.40 bits per heavy atom. The summed E-state index contributed by atoms with van der Waals surface area (Å²) in [5, 5.41) is 0.470. The van der Waals surface area contributed by atoms with Crippen molar-refractivity contribution in [2.45, 2.75) is 31.0 Å². The molecule has 2 heterocycles. The molecule has 0 aromatic heterocycles. The van der Waals surface area contributed by atoms with Gasteiger partial charge in [0.05, 0.1) is 29.4 Å². The standard InChI is InChI=1S/C15H17ClO4/c16-13-3-1-2-11(9-17)14(13)20-12-4-6-19-15(8-12)5-7-18-10-15/h1-3,9,12H,4-8,10H2. The van der Waals surface area contributed by atoms with Crippen molar-refractivity contribution in [3.8, 4) is 5.75 Å². The van der Waals surface area contributed by atoms with E-state index in [1.54, 1.807) is 18.2 Å². The smallest absolute Gasteiger partial charge is 0.153 e. The van der Waals surface area contributed by atoms with E-state index < -0.39 is 0 Å². The summed E-state index contributed by atoms with van der Waals surface area (Å²) in [6.07, 6.45) is 3.25. The van der Waals surface area contributed by atoms with Crippen molar-refractivity contribution in [2.75, 3.05) is 19.8 Å². The van der Waals surface area contributed by atoms with Crippen molar-refractivity contribution in [1.82, 2.24) is 0 Å². The van der Waals surface area contributed by atoms with E-state index in [4.69, 9.17) is 25.8 Å². The van der Waals surface area contributed by atoms with Gasteiger partial charge in [0.1, 0.15) is 11.9 Å². The first kappa shape index (κ1) is 13.9. The molecule has 2 aliphatic rings. The Hall–Kier alpha value is -1.10. The molecule has 2 saturated heterocycles. The van der Waals surface area contributed by atoms with Gasteiger partial charge >= 0.3 is 0 Å². The maximum Gasteiger partial charge on any atom is 0.153 e. The van der Waals surface area contributed by atoms with E-state index in [1.165, 1.54) is 0 Å². The average molecular weight is 297 g/mol. The fourth-order valence-electron chi connectivity index (χ4n) is 2.86. The number of hydrogen-bond donors (Lipinski definition) is 0. The highest BCUT2D eigenvalue weighted by Gasteiger charge is 2.42. The van der Waals surface area contributed by atoms with Gasteiger partial charge in [-0.3, -0.25) is 4.79 Å². The van der Waals surface area contributed by atoms with Crippen LogP contribution in [0.2, 0.25) is 5.02 Å². The highest BCUT2D eigenvalue weighted by atomic mass is 35.5. The zero-order valence-electron chi connectivity index (χ0n) is 11.1. The van der Waals surface area contributed by atoms with Gasteiger partial charge in [0, 0.05) is 25.9 Å². The third-order valence-corrected chi connectivity index (χ3v) is 4.22. The van der Waals surface area contributed by atoms with Crippen LogP contribution < -0.4 is 4.74 Å². The first-order valence-corrected chi connectivity index (χ1v) is 7.22. The summed E-state index contributed by atoms with van der Waals surface area (Å²) >= 11 is 6.14. The maximum atomic E-state index is 11.1. The minimum absolute atomic E-state index is 0.00375. The topological polar surface area (TPSA) is 44.8 Å². The van der Waals surface area contributed by atoms with Crippen LogP contribution in [-0.4, -0.2) is 37.8 Å². The van der Waals surface area contributed by atoms with E-state index in [2.05, 4.69) is 0 Å². The zero-order chi connectivity index (χ0) is 14.0. The Morgan fingerprint density at radius 3 is 3.05 bits per heavy atom. The van der Waals surface area contributed by atoms with Crippen molar-refractivity contribution in [1.29, 1.82) is 0 Å². The second kappa shape index (κ2) is 5.72. The van der Waals surface area contributed by atoms with Gasteiger partial charge in [-0.15, -0.1) is 0 Å². The summed E-state index contributed by atoms with van der Waals surface area (Å²) in [6.45, 7) is 2.00. The number of aldehydes is 1. The number of halogens is 1. The van der Waals surface area contributed by atoms with Gasteiger partial charge < -0.3 is 14.2 Å². The van der Waals surface area contributed by atoms with Crippen molar-refractivity contribution in [3.05, 3.63) is 28.8 Å². The zero-order valence-corrected chi connectivity index (χ0v) is 11.9. The Kier molecular flexibility index (Phi) is 3.96. The molecule has 0 amide bonds. The molecule has 2 atom stereocenters. The molecule has 20 heavy (non-hydrogen) atoms. The first-order valence-electron chi connectivity index (χ1n) is 6.84. The van der Waals surface area contributed by atoms with E-state index in [9.17, 15) is 4.79 Å². The quantitative estimate of drug-likeness (QED) is 0.805. The molecule has 0 saturated carbocycles. The second-order valence-electron chi connectivity index (χ2n) is 5.34. The Bertz CT molecular complexity index is 497. The molecule has 0 N–H and O–H groups in total. The SMILES string of the molecule is O=Cc1cccc(Cl)c1OC1CCOC2(CCOC2)C1. The summed E-state index contributed by atoms with van der Waals surface area (Å²) in [7, 11) is 0. The molecule has 3 rings (SSSR count). The van der Waals surface area contributed by atoms with E-state index in [0.717, 1.165) is 32.2 Å². The van der Waals surface area contributed by atoms with Crippen LogP contribution >= 0.6 is 11.6 Å². The Balaban J connectivity index is 1.76. The molecular weight excluding hydrogens is 280 g/mol. The lowest BCUT2D eigenvalue weighted by molar-refractivity contribution is -0.112. The summed E-state index contributed by atoms with van der Waals surface area (Å²) < 4.78 is 17.3. The van der Waals surface area contributed by atoms with Gasteiger partial charge in [-0.1, -0.05) is 17.7 Å². The molecule has 2 unspecified atom stereocenters. The molecule has 5 heteroatoms. The second-order valence-corrected chi connectivity index (χ2v) is 5.75. The largest absolute Gasteiger partial charge is 0.488 e. The van der Waals surface area contributed by atoms with Crippen LogP contribution in [0.5, 0.6) is 5.75 Å². The summed E-state index contributed by atoms with van der Waals surface area (Å²) in [5.74, 6) is 0.477. The third kappa shape index (κ3) is 2.68. The average Bonchev–Trinajstić information content (AvgIpc) is 2.89. The Labute approximate surface area is 123 Å². The molecular formula is C15H17ClO4. The van der Waals surface area contributed by atoms with E-state index in [0.29, 0.717) is 29.5 Å². The molecule has 0 radical (unpaired) electrons. The number of carbonyl (C=O) groups excluding carboxylic acids is 1. The van der Waals surface area contributed by atoms with E-state index >= 15 is 0 Å². The molecule has 108 valence electrons. The number of ether oxygens (including phenoxy) is 3. The fraction of sp³-hybridized carbons (Fsp3) is 0.533. The lowest BCUT2D eigenvalue weighted by Crippen LogP contribution is -2.44.